The Labute approximate surface area is 222 Å². The van der Waals surface area contributed by atoms with E-state index in [1.165, 1.54) is 12.1 Å². The molecule has 1 aromatic heterocycles. The van der Waals surface area contributed by atoms with E-state index in [0.29, 0.717) is 24.9 Å². The molecule has 2 aliphatic rings. The van der Waals surface area contributed by atoms with E-state index in [4.69, 9.17) is 15.1 Å². The second-order valence-corrected chi connectivity index (χ2v) is 11.2. The molecule has 200 valence electrons. The van der Waals surface area contributed by atoms with Gasteiger partial charge in [-0.15, -0.1) is 0 Å². The van der Waals surface area contributed by atoms with Crippen molar-refractivity contribution >= 4 is 44.9 Å². The topological polar surface area (TPSA) is 137 Å². The van der Waals surface area contributed by atoms with Crippen LogP contribution in [0.3, 0.4) is 0 Å². The lowest BCUT2D eigenvalue weighted by Gasteiger charge is -2.33. The molecule has 38 heavy (non-hydrogen) atoms. The zero-order chi connectivity index (χ0) is 26.9. The minimum atomic E-state index is -3.73. The molecule has 3 aromatic rings. The summed E-state index contributed by atoms with van der Waals surface area (Å²) >= 11 is 0. The van der Waals surface area contributed by atoms with Crippen molar-refractivity contribution in [2.24, 2.45) is 5.14 Å². The molecule has 2 aromatic carbocycles. The molecule has 0 spiro atoms. The van der Waals surface area contributed by atoms with Crippen molar-refractivity contribution in [3.63, 3.8) is 0 Å². The number of carbonyl (C=O) groups excluding carboxylic acids is 1. The molecule has 0 saturated carbocycles. The van der Waals surface area contributed by atoms with Crippen LogP contribution in [0.1, 0.15) is 18.1 Å². The number of likely N-dealkylation sites (N-methyl/N-ethyl adjacent to an activating group) is 1. The van der Waals surface area contributed by atoms with Crippen LogP contribution in [0.5, 0.6) is 0 Å². The van der Waals surface area contributed by atoms with E-state index in [1.54, 1.807) is 24.0 Å². The van der Waals surface area contributed by atoms with Crippen LogP contribution in [0, 0.1) is 0 Å². The first-order valence-corrected chi connectivity index (χ1v) is 14.1. The molecule has 0 atom stereocenters. The molecular weight excluding hydrogens is 504 g/mol. The molecule has 3 heterocycles. The molecule has 1 amide bonds. The Hall–Kier alpha value is -3.74. The summed E-state index contributed by atoms with van der Waals surface area (Å²) in [7, 11) is -1.62. The van der Waals surface area contributed by atoms with Gasteiger partial charge in [-0.05, 0) is 54.9 Å². The number of rotatable bonds is 7. The average Bonchev–Trinajstić information content (AvgIpc) is 3.31. The van der Waals surface area contributed by atoms with Gasteiger partial charge in [0.2, 0.25) is 21.9 Å². The lowest BCUT2D eigenvalue weighted by Crippen LogP contribution is -2.44. The Morgan fingerprint density at radius 2 is 1.74 bits per heavy atom. The Bertz CT molecular complexity index is 1440. The lowest BCUT2D eigenvalue weighted by molar-refractivity contribution is -0.116. The molecule has 0 unspecified atom stereocenters. The van der Waals surface area contributed by atoms with E-state index in [1.807, 2.05) is 24.3 Å². The van der Waals surface area contributed by atoms with Gasteiger partial charge in [-0.1, -0.05) is 12.1 Å². The van der Waals surface area contributed by atoms with Gasteiger partial charge < -0.3 is 25.3 Å². The van der Waals surface area contributed by atoms with Gasteiger partial charge in [0.1, 0.15) is 11.6 Å². The Morgan fingerprint density at radius 3 is 2.42 bits per heavy atom. The summed E-state index contributed by atoms with van der Waals surface area (Å²) in [6.45, 7) is 6.34. The van der Waals surface area contributed by atoms with Gasteiger partial charge in [-0.3, -0.25) is 4.79 Å². The fourth-order valence-electron chi connectivity index (χ4n) is 4.70. The molecule has 1 fully saturated rings. The molecule has 4 N–H and O–H groups in total. The SMILES string of the molecule is CC(=O)N1CCc2cc(Nc3nc(NCc4ccc(S(N)(=O)=O)cc4)cc(N4CCN(C)CC4)n3)ccc21. The number of aromatic nitrogens is 2. The number of sulfonamides is 1. The molecule has 5 rings (SSSR count). The third-order valence-corrected chi connectivity index (χ3v) is 7.81. The van der Waals surface area contributed by atoms with Gasteiger partial charge in [-0.2, -0.15) is 9.97 Å². The zero-order valence-electron chi connectivity index (χ0n) is 21.5. The number of primary sulfonamides is 1. The van der Waals surface area contributed by atoms with Crippen molar-refractivity contribution in [3.8, 4) is 0 Å². The van der Waals surface area contributed by atoms with E-state index in [-0.39, 0.29) is 10.8 Å². The summed E-state index contributed by atoms with van der Waals surface area (Å²) in [5.41, 5.74) is 3.81. The molecular formula is C26H32N8O3S. The normalized spacial score (nSPS) is 15.9. The second kappa shape index (κ2) is 10.6. The van der Waals surface area contributed by atoms with Crippen molar-refractivity contribution in [1.82, 2.24) is 14.9 Å². The van der Waals surface area contributed by atoms with Gasteiger partial charge in [0.05, 0.1) is 4.90 Å². The molecule has 1 saturated heterocycles. The van der Waals surface area contributed by atoms with Crippen LogP contribution in [0.15, 0.2) is 53.4 Å². The number of nitrogens with zero attached hydrogens (tertiary/aromatic N) is 5. The molecule has 0 bridgehead atoms. The number of piperazine rings is 1. The highest BCUT2D eigenvalue weighted by Crippen LogP contribution is 2.31. The number of nitrogens with one attached hydrogen (secondary N) is 2. The van der Waals surface area contributed by atoms with Crippen LogP contribution in [0.25, 0.3) is 0 Å². The Balaban J connectivity index is 1.37. The van der Waals surface area contributed by atoms with Crippen LogP contribution in [0.2, 0.25) is 0 Å². The molecule has 11 nitrogen and oxygen atoms in total. The maximum atomic E-state index is 11.9. The smallest absolute Gasteiger partial charge is 0.238 e. The number of nitrogens with two attached hydrogens (primary N) is 1. The predicted molar refractivity (Wildman–Crippen MR) is 148 cm³/mol. The van der Waals surface area contributed by atoms with E-state index in [9.17, 15) is 13.2 Å². The van der Waals surface area contributed by atoms with Crippen LogP contribution in [0.4, 0.5) is 29.0 Å². The molecule has 12 heteroatoms. The quantitative estimate of drug-likeness (QED) is 0.415. The van der Waals surface area contributed by atoms with E-state index < -0.39 is 10.0 Å². The minimum absolute atomic E-state index is 0.0441. The van der Waals surface area contributed by atoms with Crippen molar-refractivity contribution in [1.29, 1.82) is 0 Å². The van der Waals surface area contributed by atoms with E-state index in [2.05, 4.69) is 27.5 Å². The molecule has 0 aliphatic carbocycles. The van der Waals surface area contributed by atoms with Crippen molar-refractivity contribution in [2.75, 3.05) is 60.2 Å². The second-order valence-electron chi connectivity index (χ2n) is 9.66. The summed E-state index contributed by atoms with van der Waals surface area (Å²) in [5.74, 6) is 1.99. The first-order valence-electron chi connectivity index (χ1n) is 12.5. The van der Waals surface area contributed by atoms with E-state index in [0.717, 1.165) is 60.9 Å². The van der Waals surface area contributed by atoms with Crippen molar-refractivity contribution in [3.05, 3.63) is 59.7 Å². The number of anilines is 5. The highest BCUT2D eigenvalue weighted by atomic mass is 32.2. The number of hydrogen-bond acceptors (Lipinski definition) is 9. The number of carbonyl (C=O) groups is 1. The maximum absolute atomic E-state index is 11.9. The Kier molecular flexibility index (Phi) is 7.19. The number of amides is 1. The van der Waals surface area contributed by atoms with Crippen LogP contribution < -0.4 is 25.6 Å². The van der Waals surface area contributed by atoms with Crippen molar-refractivity contribution < 1.29 is 13.2 Å². The third-order valence-electron chi connectivity index (χ3n) is 6.88. The zero-order valence-corrected chi connectivity index (χ0v) is 22.3. The van der Waals surface area contributed by atoms with Gasteiger partial charge in [0, 0.05) is 63.6 Å². The van der Waals surface area contributed by atoms with Gasteiger partial charge in [0.15, 0.2) is 0 Å². The number of fused-ring (bicyclic) bond motifs is 1. The molecule has 0 radical (unpaired) electrons. The van der Waals surface area contributed by atoms with Gasteiger partial charge in [0.25, 0.3) is 0 Å². The summed E-state index contributed by atoms with van der Waals surface area (Å²) in [4.78, 5) is 27.8. The fourth-order valence-corrected chi connectivity index (χ4v) is 5.22. The highest BCUT2D eigenvalue weighted by molar-refractivity contribution is 7.89. The van der Waals surface area contributed by atoms with Crippen LogP contribution >= 0.6 is 0 Å². The Morgan fingerprint density at radius 1 is 1.00 bits per heavy atom. The van der Waals surface area contributed by atoms with Crippen LogP contribution in [-0.4, -0.2) is 69.0 Å². The summed E-state index contributed by atoms with van der Waals surface area (Å²) in [5, 5.41) is 11.9. The third kappa shape index (κ3) is 5.87. The maximum Gasteiger partial charge on any atom is 0.238 e. The number of hydrogen-bond donors (Lipinski definition) is 3. The minimum Gasteiger partial charge on any atom is -0.366 e. The summed E-state index contributed by atoms with van der Waals surface area (Å²) in [6.07, 6.45) is 0.809. The van der Waals surface area contributed by atoms with Gasteiger partial charge >= 0.3 is 0 Å². The fraction of sp³-hybridized carbons (Fsp3) is 0.346. The van der Waals surface area contributed by atoms with Gasteiger partial charge in [-0.25, -0.2) is 13.6 Å². The molecule has 2 aliphatic heterocycles. The van der Waals surface area contributed by atoms with Crippen molar-refractivity contribution in [2.45, 2.75) is 24.8 Å². The number of benzene rings is 2. The largest absolute Gasteiger partial charge is 0.366 e. The first-order chi connectivity index (χ1) is 18.2. The summed E-state index contributed by atoms with van der Waals surface area (Å²) in [6, 6.07) is 14.3. The monoisotopic (exact) mass is 536 g/mol. The average molecular weight is 537 g/mol. The van der Waals surface area contributed by atoms with E-state index >= 15 is 0 Å². The van der Waals surface area contributed by atoms with Crippen LogP contribution in [-0.2, 0) is 27.8 Å². The predicted octanol–water partition coefficient (Wildman–Crippen LogP) is 2.14. The standard InChI is InChI=1S/C26H32N8O3S/c1-18(35)34-10-9-20-15-21(5-8-23(20)34)29-26-30-24(16-25(31-26)33-13-11-32(2)12-14-33)28-17-19-3-6-22(7-4-19)38(27,36)37/h3-8,15-16H,9-14,17H2,1-2H3,(H2,27,36,37)(H2,28,29,30,31). The summed E-state index contributed by atoms with van der Waals surface area (Å²) < 4.78 is 23.1. The highest BCUT2D eigenvalue weighted by Gasteiger charge is 2.23. The first kappa shape index (κ1) is 25.9. The lowest BCUT2D eigenvalue weighted by atomic mass is 10.1.